The second-order valence-corrected chi connectivity index (χ2v) is 6.70. The van der Waals surface area contributed by atoms with Gasteiger partial charge in [0.1, 0.15) is 0 Å². The standard InChI is InChI=1S/C18H23NO3/c20-17(19-11-15-10-12-5-6-14(15)9-12)8-7-13-3-1-2-4-16(13)18(21)22/h1-4,12,14-15H,5-11H2,(H,19,20)(H,21,22). The van der Waals surface area contributed by atoms with Crippen LogP contribution in [0.4, 0.5) is 0 Å². The third-order valence-corrected chi connectivity index (χ3v) is 5.32. The van der Waals surface area contributed by atoms with E-state index in [4.69, 9.17) is 5.11 Å². The Morgan fingerprint density at radius 3 is 2.68 bits per heavy atom. The van der Waals surface area contributed by atoms with Crippen molar-refractivity contribution in [2.45, 2.75) is 38.5 Å². The van der Waals surface area contributed by atoms with Gasteiger partial charge in [0, 0.05) is 13.0 Å². The molecule has 2 saturated carbocycles. The van der Waals surface area contributed by atoms with E-state index in [-0.39, 0.29) is 5.91 Å². The topological polar surface area (TPSA) is 66.4 Å². The zero-order chi connectivity index (χ0) is 15.5. The molecule has 4 heteroatoms. The van der Waals surface area contributed by atoms with Crippen LogP contribution in [0.5, 0.6) is 0 Å². The minimum Gasteiger partial charge on any atom is -0.478 e. The molecule has 2 N–H and O–H groups in total. The van der Waals surface area contributed by atoms with Gasteiger partial charge in [-0.2, -0.15) is 0 Å². The summed E-state index contributed by atoms with van der Waals surface area (Å²) in [6, 6.07) is 6.90. The van der Waals surface area contributed by atoms with E-state index in [1.807, 2.05) is 6.07 Å². The molecular weight excluding hydrogens is 278 g/mol. The SMILES string of the molecule is O=C(CCc1ccccc1C(=O)O)NCC1CC2CCC1C2. The highest BCUT2D eigenvalue weighted by Crippen LogP contribution is 2.47. The number of benzene rings is 1. The Bertz CT molecular complexity index is 569. The second-order valence-electron chi connectivity index (χ2n) is 6.70. The number of carboxylic acid groups (broad SMARTS) is 1. The molecule has 2 fully saturated rings. The van der Waals surface area contributed by atoms with Crippen LogP contribution >= 0.6 is 0 Å². The third kappa shape index (κ3) is 3.32. The predicted molar refractivity (Wildman–Crippen MR) is 83.7 cm³/mol. The number of nitrogens with one attached hydrogen (secondary N) is 1. The number of aromatic carboxylic acids is 1. The lowest BCUT2D eigenvalue weighted by molar-refractivity contribution is -0.121. The Hall–Kier alpha value is -1.84. The molecule has 0 radical (unpaired) electrons. The van der Waals surface area contributed by atoms with Gasteiger partial charge in [0.05, 0.1) is 5.56 Å². The van der Waals surface area contributed by atoms with E-state index in [1.54, 1.807) is 18.2 Å². The van der Waals surface area contributed by atoms with Crippen molar-refractivity contribution in [1.82, 2.24) is 5.32 Å². The number of carbonyl (C=O) groups is 2. The van der Waals surface area contributed by atoms with Gasteiger partial charge in [0.25, 0.3) is 0 Å². The summed E-state index contributed by atoms with van der Waals surface area (Å²) in [5.41, 5.74) is 1.02. The molecule has 3 rings (SSSR count). The Balaban J connectivity index is 1.46. The van der Waals surface area contributed by atoms with Crippen LogP contribution < -0.4 is 5.32 Å². The van der Waals surface area contributed by atoms with Crippen molar-refractivity contribution in [3.63, 3.8) is 0 Å². The molecule has 2 aliphatic rings. The monoisotopic (exact) mass is 301 g/mol. The van der Waals surface area contributed by atoms with Crippen LogP contribution in [0.1, 0.15) is 48.0 Å². The molecule has 2 aliphatic carbocycles. The van der Waals surface area contributed by atoms with Crippen LogP contribution in [0.3, 0.4) is 0 Å². The molecule has 1 aromatic carbocycles. The number of fused-ring (bicyclic) bond motifs is 2. The van der Waals surface area contributed by atoms with Gasteiger partial charge in [-0.05, 0) is 55.1 Å². The van der Waals surface area contributed by atoms with Crippen LogP contribution in [0.2, 0.25) is 0 Å². The number of carboxylic acids is 1. The zero-order valence-corrected chi connectivity index (χ0v) is 12.8. The first-order valence-electron chi connectivity index (χ1n) is 8.21. The summed E-state index contributed by atoms with van der Waals surface area (Å²) < 4.78 is 0. The van der Waals surface area contributed by atoms with Crippen LogP contribution in [0.15, 0.2) is 24.3 Å². The van der Waals surface area contributed by atoms with Crippen molar-refractivity contribution in [1.29, 1.82) is 0 Å². The molecule has 1 amide bonds. The fourth-order valence-electron chi connectivity index (χ4n) is 4.15. The summed E-state index contributed by atoms with van der Waals surface area (Å²) in [4.78, 5) is 23.1. The first-order chi connectivity index (χ1) is 10.6. The van der Waals surface area contributed by atoms with Crippen LogP contribution in [0, 0.1) is 17.8 Å². The van der Waals surface area contributed by atoms with Gasteiger partial charge in [-0.1, -0.05) is 24.6 Å². The maximum atomic E-state index is 12.0. The van der Waals surface area contributed by atoms with Gasteiger partial charge in [-0.15, -0.1) is 0 Å². The average Bonchev–Trinajstić information content (AvgIpc) is 3.13. The van der Waals surface area contributed by atoms with Gasteiger partial charge >= 0.3 is 5.97 Å². The van der Waals surface area contributed by atoms with Gasteiger partial charge in [0.15, 0.2) is 0 Å². The lowest BCUT2D eigenvalue weighted by atomic mass is 9.89. The fourth-order valence-corrected chi connectivity index (χ4v) is 4.15. The number of amides is 1. The molecule has 0 aliphatic heterocycles. The smallest absolute Gasteiger partial charge is 0.335 e. The molecule has 0 aromatic heterocycles. The van der Waals surface area contributed by atoms with E-state index < -0.39 is 5.97 Å². The number of hydrogen-bond acceptors (Lipinski definition) is 2. The first-order valence-corrected chi connectivity index (χ1v) is 8.21. The molecule has 0 heterocycles. The summed E-state index contributed by atoms with van der Waals surface area (Å²) in [5.74, 6) is 1.47. The van der Waals surface area contributed by atoms with Crippen LogP contribution in [-0.2, 0) is 11.2 Å². The summed E-state index contributed by atoms with van der Waals surface area (Å²) in [6.45, 7) is 0.792. The number of carbonyl (C=O) groups excluding carboxylic acids is 1. The lowest BCUT2D eigenvalue weighted by Crippen LogP contribution is -2.31. The molecule has 22 heavy (non-hydrogen) atoms. The van der Waals surface area contributed by atoms with Crippen molar-refractivity contribution < 1.29 is 14.7 Å². The average molecular weight is 301 g/mol. The predicted octanol–water partition coefficient (Wildman–Crippen LogP) is 2.87. The van der Waals surface area contributed by atoms with Crippen molar-refractivity contribution in [3.05, 3.63) is 35.4 Å². The van der Waals surface area contributed by atoms with Crippen LogP contribution in [-0.4, -0.2) is 23.5 Å². The van der Waals surface area contributed by atoms with E-state index >= 15 is 0 Å². The normalized spacial score (nSPS) is 26.1. The Morgan fingerprint density at radius 1 is 1.18 bits per heavy atom. The molecule has 0 saturated heterocycles. The summed E-state index contributed by atoms with van der Waals surface area (Å²) in [7, 11) is 0. The molecule has 3 unspecified atom stereocenters. The van der Waals surface area contributed by atoms with Gasteiger partial charge in [-0.25, -0.2) is 4.79 Å². The van der Waals surface area contributed by atoms with Crippen molar-refractivity contribution in [3.8, 4) is 0 Å². The highest BCUT2D eigenvalue weighted by Gasteiger charge is 2.39. The van der Waals surface area contributed by atoms with E-state index in [0.29, 0.717) is 24.3 Å². The minimum atomic E-state index is -0.932. The molecule has 0 spiro atoms. The quantitative estimate of drug-likeness (QED) is 0.849. The maximum Gasteiger partial charge on any atom is 0.335 e. The Labute approximate surface area is 130 Å². The molecule has 1 aromatic rings. The largest absolute Gasteiger partial charge is 0.478 e. The number of rotatable bonds is 6. The fraction of sp³-hybridized carbons (Fsp3) is 0.556. The van der Waals surface area contributed by atoms with E-state index in [2.05, 4.69) is 5.32 Å². The van der Waals surface area contributed by atoms with Crippen molar-refractivity contribution >= 4 is 11.9 Å². The Morgan fingerprint density at radius 2 is 2.00 bits per heavy atom. The van der Waals surface area contributed by atoms with Crippen molar-refractivity contribution in [2.24, 2.45) is 17.8 Å². The highest BCUT2D eigenvalue weighted by molar-refractivity contribution is 5.89. The molecule has 4 nitrogen and oxygen atoms in total. The van der Waals surface area contributed by atoms with E-state index in [1.165, 1.54) is 25.7 Å². The zero-order valence-electron chi connectivity index (χ0n) is 12.8. The lowest BCUT2D eigenvalue weighted by Gasteiger charge is -2.21. The van der Waals surface area contributed by atoms with Crippen molar-refractivity contribution in [2.75, 3.05) is 6.54 Å². The van der Waals surface area contributed by atoms with Gasteiger partial charge in [-0.3, -0.25) is 4.79 Å². The summed E-state index contributed by atoms with van der Waals surface area (Å²) in [6.07, 6.45) is 6.16. The maximum absolute atomic E-state index is 12.0. The highest BCUT2D eigenvalue weighted by atomic mass is 16.4. The number of aryl methyl sites for hydroxylation is 1. The minimum absolute atomic E-state index is 0.0305. The molecule has 2 bridgehead atoms. The van der Waals surface area contributed by atoms with Gasteiger partial charge < -0.3 is 10.4 Å². The number of hydrogen-bond donors (Lipinski definition) is 2. The molecular formula is C18H23NO3. The van der Waals surface area contributed by atoms with E-state index in [9.17, 15) is 9.59 Å². The molecule has 3 atom stereocenters. The summed E-state index contributed by atoms with van der Waals surface area (Å²) in [5, 5.41) is 12.2. The van der Waals surface area contributed by atoms with E-state index in [0.717, 1.165) is 23.9 Å². The van der Waals surface area contributed by atoms with Crippen LogP contribution in [0.25, 0.3) is 0 Å². The second kappa shape index (κ2) is 6.51. The Kier molecular flexibility index (Phi) is 4.46. The molecule has 118 valence electrons. The third-order valence-electron chi connectivity index (χ3n) is 5.32. The first kappa shape index (κ1) is 15.1. The summed E-state index contributed by atoms with van der Waals surface area (Å²) >= 11 is 0. The van der Waals surface area contributed by atoms with Gasteiger partial charge in [0.2, 0.25) is 5.91 Å².